The Morgan fingerprint density at radius 3 is 1.68 bits per heavy atom. The van der Waals surface area contributed by atoms with E-state index < -0.39 is 25.2 Å². The van der Waals surface area contributed by atoms with E-state index in [1.807, 2.05) is 13.0 Å². The Bertz CT molecular complexity index is 521. The van der Waals surface area contributed by atoms with Crippen molar-refractivity contribution < 1.29 is 18.1 Å². The molecule has 0 aliphatic rings. The highest BCUT2D eigenvalue weighted by Crippen LogP contribution is 2.26. The number of aromatic hydroxyl groups is 1. The van der Waals surface area contributed by atoms with Crippen LogP contribution in [0.1, 0.15) is 41.7 Å². The number of ether oxygens (including phenoxy) is 1. The van der Waals surface area contributed by atoms with Gasteiger partial charge in [-0.25, -0.2) is 0 Å². The van der Waals surface area contributed by atoms with Crippen molar-refractivity contribution in [2.75, 3.05) is 6.61 Å². The van der Waals surface area contributed by atoms with Gasteiger partial charge >= 0.3 is 8.56 Å². The van der Waals surface area contributed by atoms with E-state index in [4.69, 9.17) is 13.0 Å². The summed E-state index contributed by atoms with van der Waals surface area (Å²) in [6.45, 7) is 18.1. The van der Waals surface area contributed by atoms with Crippen molar-refractivity contribution in [1.82, 2.24) is 0 Å². The Hall–Kier alpha value is -0.609. The zero-order valence-electron chi connectivity index (χ0n) is 16.5. The van der Waals surface area contributed by atoms with Gasteiger partial charge in [0, 0.05) is 0 Å². The van der Waals surface area contributed by atoms with E-state index in [-0.39, 0.29) is 29.7 Å². The van der Waals surface area contributed by atoms with Crippen molar-refractivity contribution in [1.29, 1.82) is 0 Å². The van der Waals surface area contributed by atoms with Crippen LogP contribution in [0, 0.1) is 6.92 Å². The number of hydrogen-bond acceptors (Lipinski definition) is 4. The summed E-state index contributed by atoms with van der Waals surface area (Å²) in [7, 11) is -5.45. The van der Waals surface area contributed by atoms with Crippen molar-refractivity contribution in [2.24, 2.45) is 0 Å². The molecule has 0 aromatic heterocycles. The SMILES string of the molecule is C.C.C.C.Cc1cc(OCCC[Si](C)(O[Si](C)(C)C)O[Si](C)(C)C)ccc1O. The third-order valence-electron chi connectivity index (χ3n) is 3.26. The molecule has 0 bridgehead atoms. The maximum atomic E-state index is 9.56. The molecule has 1 aromatic rings. The summed E-state index contributed by atoms with van der Waals surface area (Å²) in [6, 6.07) is 6.28. The average molecular weight is 451 g/mol. The second kappa shape index (κ2) is 13.6. The van der Waals surface area contributed by atoms with Gasteiger partial charge in [0.05, 0.1) is 6.61 Å². The van der Waals surface area contributed by atoms with E-state index in [2.05, 4.69) is 45.8 Å². The van der Waals surface area contributed by atoms with Crippen molar-refractivity contribution in [3.05, 3.63) is 23.8 Å². The fourth-order valence-corrected chi connectivity index (χ4v) is 15.2. The lowest BCUT2D eigenvalue weighted by molar-refractivity contribution is 0.306. The topological polar surface area (TPSA) is 47.9 Å². The summed E-state index contributed by atoms with van der Waals surface area (Å²) >= 11 is 0. The van der Waals surface area contributed by atoms with Gasteiger partial charge in [0.1, 0.15) is 11.5 Å². The van der Waals surface area contributed by atoms with Crippen LogP contribution in [-0.4, -0.2) is 36.9 Å². The molecule has 0 aliphatic heterocycles. The largest absolute Gasteiger partial charge is 0.508 e. The number of phenolic OH excluding ortho intramolecular Hbond substituents is 1. The van der Waals surface area contributed by atoms with Crippen LogP contribution in [0.4, 0.5) is 0 Å². The normalized spacial score (nSPS) is 11.3. The molecule has 0 heterocycles. The van der Waals surface area contributed by atoms with Crippen LogP contribution in [0.15, 0.2) is 18.2 Å². The Morgan fingerprint density at radius 1 is 0.821 bits per heavy atom. The van der Waals surface area contributed by atoms with Gasteiger partial charge in [0.25, 0.3) is 0 Å². The molecule has 1 rings (SSSR count). The predicted octanol–water partition coefficient (Wildman–Crippen LogP) is 7.79. The molecule has 4 nitrogen and oxygen atoms in total. The van der Waals surface area contributed by atoms with E-state index in [1.54, 1.807) is 12.1 Å². The number of hydrogen-bond donors (Lipinski definition) is 1. The van der Waals surface area contributed by atoms with Gasteiger partial charge in [-0.1, -0.05) is 29.7 Å². The van der Waals surface area contributed by atoms with E-state index in [1.165, 1.54) is 0 Å². The van der Waals surface area contributed by atoms with Crippen molar-refractivity contribution in [3.8, 4) is 11.5 Å². The summed E-state index contributed by atoms with van der Waals surface area (Å²) in [6.07, 6.45) is 0.914. The second-order valence-electron chi connectivity index (χ2n) is 8.46. The van der Waals surface area contributed by atoms with Crippen LogP contribution < -0.4 is 4.74 Å². The van der Waals surface area contributed by atoms with Gasteiger partial charge in [0.2, 0.25) is 0 Å². The molecule has 0 fully saturated rings. The van der Waals surface area contributed by atoms with Crippen LogP contribution in [0.2, 0.25) is 51.9 Å². The molecule has 0 aliphatic carbocycles. The molecular weight excluding hydrogens is 400 g/mol. The van der Waals surface area contributed by atoms with E-state index in [0.717, 1.165) is 23.8 Å². The lowest BCUT2D eigenvalue weighted by Crippen LogP contribution is -2.52. The molecule has 28 heavy (non-hydrogen) atoms. The Balaban J connectivity index is -0.000000720. The summed E-state index contributed by atoms with van der Waals surface area (Å²) in [4.78, 5) is 0. The number of phenols is 1. The summed E-state index contributed by atoms with van der Waals surface area (Å²) in [5.41, 5.74) is 0.829. The molecule has 0 atom stereocenters. The molecule has 0 saturated carbocycles. The first-order chi connectivity index (χ1) is 10.8. The van der Waals surface area contributed by atoms with E-state index >= 15 is 0 Å². The first kappa shape index (κ1) is 34.9. The zero-order valence-corrected chi connectivity index (χ0v) is 19.5. The lowest BCUT2D eigenvalue weighted by Gasteiger charge is -2.38. The molecule has 0 amide bonds. The average Bonchev–Trinajstić information content (AvgIpc) is 2.34. The van der Waals surface area contributed by atoms with Crippen LogP contribution in [0.5, 0.6) is 11.5 Å². The van der Waals surface area contributed by atoms with E-state index in [9.17, 15) is 5.11 Å². The van der Waals surface area contributed by atoms with Crippen LogP contribution in [0.3, 0.4) is 0 Å². The van der Waals surface area contributed by atoms with Gasteiger partial charge in [-0.2, -0.15) is 0 Å². The quantitative estimate of drug-likeness (QED) is 0.308. The number of benzene rings is 1. The van der Waals surface area contributed by atoms with Crippen LogP contribution in [-0.2, 0) is 8.23 Å². The molecule has 1 aromatic carbocycles. The Labute approximate surface area is 180 Å². The molecule has 0 radical (unpaired) electrons. The van der Waals surface area contributed by atoms with Gasteiger partial charge in [0.15, 0.2) is 16.6 Å². The Kier molecular flexibility index (Phi) is 16.9. The van der Waals surface area contributed by atoms with Crippen molar-refractivity contribution >= 4 is 25.2 Å². The van der Waals surface area contributed by atoms with Crippen molar-refractivity contribution in [3.63, 3.8) is 0 Å². The highest BCUT2D eigenvalue weighted by molar-refractivity contribution is 6.87. The van der Waals surface area contributed by atoms with Gasteiger partial charge < -0.3 is 18.1 Å². The van der Waals surface area contributed by atoms with Crippen LogP contribution in [0.25, 0.3) is 0 Å². The molecule has 7 heteroatoms. The molecule has 170 valence electrons. The number of rotatable bonds is 9. The maximum Gasteiger partial charge on any atom is 0.314 e. The van der Waals surface area contributed by atoms with Crippen LogP contribution >= 0.6 is 0 Å². The second-order valence-corrected chi connectivity index (χ2v) is 21.3. The van der Waals surface area contributed by atoms with Gasteiger partial charge in [-0.3, -0.25) is 0 Å². The lowest BCUT2D eigenvalue weighted by atomic mass is 10.2. The Morgan fingerprint density at radius 2 is 1.29 bits per heavy atom. The van der Waals surface area contributed by atoms with Gasteiger partial charge in [-0.15, -0.1) is 0 Å². The third-order valence-corrected chi connectivity index (χ3v) is 12.9. The summed E-state index contributed by atoms with van der Waals surface area (Å²) in [5.74, 6) is 1.10. The standard InChI is InChI=1S/C17H34O4Si3.4CH4/c1-15-14-16(10-11-17(15)18)19-12-9-13-24(8,20-22(2,3)4)21-23(5,6)7;;;;/h10-11,14,18H,9,12-13H2,1-8H3;4*1H4. The highest BCUT2D eigenvalue weighted by Gasteiger charge is 2.39. The smallest absolute Gasteiger partial charge is 0.314 e. The summed E-state index contributed by atoms with van der Waals surface area (Å²) in [5, 5.41) is 9.56. The molecule has 0 unspecified atom stereocenters. The molecular formula is C21H50O4Si3. The monoisotopic (exact) mass is 450 g/mol. The van der Waals surface area contributed by atoms with E-state index in [0.29, 0.717) is 12.4 Å². The first-order valence-electron chi connectivity index (χ1n) is 8.62. The number of aryl methyl sites for hydroxylation is 1. The minimum absolute atomic E-state index is 0. The minimum Gasteiger partial charge on any atom is -0.508 e. The third kappa shape index (κ3) is 14.4. The zero-order chi connectivity index (χ0) is 18.6. The van der Waals surface area contributed by atoms with Gasteiger partial charge in [-0.05, 0) is 89.0 Å². The molecule has 0 saturated heterocycles. The fourth-order valence-electron chi connectivity index (χ4n) is 2.72. The highest BCUT2D eigenvalue weighted by atomic mass is 28.5. The minimum atomic E-state index is -2.17. The fraction of sp³-hybridized carbons (Fsp3) is 0.714. The predicted molar refractivity (Wildman–Crippen MR) is 135 cm³/mol. The van der Waals surface area contributed by atoms with Crippen molar-refractivity contribution in [2.45, 2.75) is 94.9 Å². The molecule has 1 N–H and O–H groups in total. The maximum absolute atomic E-state index is 9.56. The summed E-state index contributed by atoms with van der Waals surface area (Å²) < 4.78 is 18.8. The first-order valence-corrected chi connectivity index (χ1v) is 18.0. The molecule has 0 spiro atoms.